The fourth-order valence-corrected chi connectivity index (χ4v) is 1.07. The quantitative estimate of drug-likeness (QED) is 0.395. The van der Waals surface area contributed by atoms with Crippen LogP contribution in [0.4, 0.5) is 26.3 Å². The summed E-state index contributed by atoms with van der Waals surface area (Å²) in [5.74, 6) is 0.913. The van der Waals surface area contributed by atoms with E-state index in [4.69, 9.17) is 0 Å². The van der Waals surface area contributed by atoms with Crippen molar-refractivity contribution in [3.63, 3.8) is 0 Å². The second kappa shape index (κ2) is 6.77. The lowest BCUT2D eigenvalue weighted by Crippen LogP contribution is -2.36. The number of rotatable bonds is 4. The Morgan fingerprint density at radius 2 is 1.41 bits per heavy atom. The van der Waals surface area contributed by atoms with Crippen molar-refractivity contribution in [2.24, 2.45) is 5.92 Å². The average Bonchev–Trinajstić information content (AvgIpc) is 2.12. The highest BCUT2D eigenvalue weighted by molar-refractivity contribution is 5.01. The summed E-state index contributed by atoms with van der Waals surface area (Å²) in [4.78, 5) is 0. The fourth-order valence-electron chi connectivity index (χ4n) is 1.07. The zero-order chi connectivity index (χ0) is 13.5. The molecular formula is C11H13F6. The molecule has 0 saturated heterocycles. The van der Waals surface area contributed by atoms with Crippen molar-refractivity contribution in [1.29, 1.82) is 0 Å². The molecule has 0 unspecified atom stereocenters. The highest BCUT2D eigenvalue weighted by atomic mass is 19.4. The molecule has 0 spiro atoms. The molecule has 0 heterocycles. The van der Waals surface area contributed by atoms with E-state index in [1.807, 2.05) is 5.92 Å². The van der Waals surface area contributed by atoms with Gasteiger partial charge in [0.15, 0.2) is 5.92 Å². The maximum Gasteiger partial charge on any atom is 0.401 e. The first kappa shape index (κ1) is 16.1. The van der Waals surface area contributed by atoms with Gasteiger partial charge in [-0.1, -0.05) is 19.8 Å². The van der Waals surface area contributed by atoms with Crippen molar-refractivity contribution < 1.29 is 26.3 Å². The second-order valence-electron chi connectivity index (χ2n) is 3.50. The minimum atomic E-state index is -5.29. The molecule has 0 aliphatic carbocycles. The minimum absolute atomic E-state index is 0.304. The van der Waals surface area contributed by atoms with E-state index in [2.05, 4.69) is 12.8 Å². The standard InChI is InChI=1S/C11H13F6/c1-2-3-4-5-6-7-8-9(10(12,13)14)11(15,16)17/h9H,1-5,8H2. The van der Waals surface area contributed by atoms with Gasteiger partial charge in [-0.3, -0.25) is 0 Å². The molecule has 0 rings (SSSR count). The molecule has 0 aliphatic rings. The first-order valence-corrected chi connectivity index (χ1v) is 5.08. The Labute approximate surface area is 96.4 Å². The summed E-state index contributed by atoms with van der Waals surface area (Å²) < 4.78 is 72.3. The van der Waals surface area contributed by atoms with E-state index >= 15 is 0 Å². The summed E-state index contributed by atoms with van der Waals surface area (Å²) in [5.41, 5.74) is 0. The number of hydrogen-bond acceptors (Lipinski definition) is 0. The van der Waals surface area contributed by atoms with Gasteiger partial charge in [0, 0.05) is 12.8 Å². The zero-order valence-corrected chi connectivity index (χ0v) is 9.09. The summed E-state index contributed by atoms with van der Waals surface area (Å²) in [6, 6.07) is 0. The Morgan fingerprint density at radius 3 is 1.82 bits per heavy atom. The van der Waals surface area contributed by atoms with Crippen molar-refractivity contribution in [3.8, 4) is 11.8 Å². The molecule has 99 valence electrons. The SMILES string of the molecule is [CH2]CCCCC#CCC(C(F)(F)F)C(F)(F)F. The van der Waals surface area contributed by atoms with Gasteiger partial charge in [-0.2, -0.15) is 26.3 Å². The van der Waals surface area contributed by atoms with E-state index < -0.39 is 24.7 Å². The normalized spacial score (nSPS) is 12.5. The third kappa shape index (κ3) is 7.14. The summed E-state index contributed by atoms with van der Waals surface area (Å²) in [7, 11) is 0. The van der Waals surface area contributed by atoms with Crippen LogP contribution in [0.1, 0.15) is 32.1 Å². The van der Waals surface area contributed by atoms with Crippen LogP contribution in [0.2, 0.25) is 0 Å². The van der Waals surface area contributed by atoms with E-state index in [9.17, 15) is 26.3 Å². The van der Waals surface area contributed by atoms with Crippen LogP contribution in [0.5, 0.6) is 0 Å². The lowest BCUT2D eigenvalue weighted by molar-refractivity contribution is -0.282. The summed E-state index contributed by atoms with van der Waals surface area (Å²) in [5, 5.41) is 0. The highest BCUT2D eigenvalue weighted by Crippen LogP contribution is 2.40. The average molecular weight is 259 g/mol. The third-order valence-electron chi connectivity index (χ3n) is 2.02. The monoisotopic (exact) mass is 259 g/mol. The van der Waals surface area contributed by atoms with Crippen LogP contribution in [-0.2, 0) is 0 Å². The molecule has 0 nitrogen and oxygen atoms in total. The maximum absolute atomic E-state index is 12.0. The zero-order valence-electron chi connectivity index (χ0n) is 9.09. The fraction of sp³-hybridized carbons (Fsp3) is 0.727. The molecule has 0 aromatic carbocycles. The van der Waals surface area contributed by atoms with Gasteiger partial charge in [-0.25, -0.2) is 0 Å². The molecule has 0 amide bonds. The summed E-state index contributed by atoms with van der Waals surface area (Å²) >= 11 is 0. The molecule has 0 aromatic rings. The van der Waals surface area contributed by atoms with Gasteiger partial charge in [-0.15, -0.1) is 11.8 Å². The number of halogens is 6. The Kier molecular flexibility index (Phi) is 6.43. The van der Waals surface area contributed by atoms with Gasteiger partial charge in [-0.05, 0) is 6.42 Å². The molecular weight excluding hydrogens is 246 g/mol. The molecule has 0 N–H and O–H groups in total. The van der Waals surface area contributed by atoms with Crippen LogP contribution in [0.25, 0.3) is 0 Å². The number of unbranched alkanes of at least 4 members (excludes halogenated alkanes) is 3. The molecule has 0 aromatic heterocycles. The lowest BCUT2D eigenvalue weighted by atomic mass is 10.0. The van der Waals surface area contributed by atoms with Crippen molar-refractivity contribution in [2.45, 2.75) is 44.5 Å². The predicted molar refractivity (Wildman–Crippen MR) is 51.8 cm³/mol. The van der Waals surface area contributed by atoms with Crippen LogP contribution >= 0.6 is 0 Å². The predicted octanol–water partition coefficient (Wildman–Crippen LogP) is 4.52. The van der Waals surface area contributed by atoms with Crippen LogP contribution < -0.4 is 0 Å². The Bertz CT molecular complexity index is 250. The highest BCUT2D eigenvalue weighted by Gasteiger charge is 2.55. The molecule has 6 heteroatoms. The summed E-state index contributed by atoms with van der Waals surface area (Å²) in [6.45, 7) is 3.55. The van der Waals surface area contributed by atoms with E-state index in [0.717, 1.165) is 6.42 Å². The van der Waals surface area contributed by atoms with E-state index in [1.54, 1.807) is 0 Å². The van der Waals surface area contributed by atoms with Gasteiger partial charge >= 0.3 is 12.4 Å². The summed E-state index contributed by atoms with van der Waals surface area (Å²) in [6.07, 6.45) is -9.43. The van der Waals surface area contributed by atoms with Crippen molar-refractivity contribution in [1.82, 2.24) is 0 Å². The molecule has 0 atom stereocenters. The van der Waals surface area contributed by atoms with Crippen LogP contribution in [0, 0.1) is 24.7 Å². The van der Waals surface area contributed by atoms with Crippen LogP contribution in [0.15, 0.2) is 0 Å². The van der Waals surface area contributed by atoms with Crippen LogP contribution in [0.3, 0.4) is 0 Å². The Morgan fingerprint density at radius 1 is 0.882 bits per heavy atom. The van der Waals surface area contributed by atoms with Crippen LogP contribution in [-0.4, -0.2) is 12.4 Å². The lowest BCUT2D eigenvalue weighted by Gasteiger charge is -2.20. The third-order valence-corrected chi connectivity index (χ3v) is 2.02. The van der Waals surface area contributed by atoms with Crippen molar-refractivity contribution >= 4 is 0 Å². The smallest absolute Gasteiger partial charge is 0.170 e. The first-order chi connectivity index (χ1) is 7.69. The molecule has 0 aliphatic heterocycles. The molecule has 1 radical (unpaired) electrons. The van der Waals surface area contributed by atoms with E-state index in [0.29, 0.717) is 19.3 Å². The van der Waals surface area contributed by atoms with Crippen molar-refractivity contribution in [2.75, 3.05) is 0 Å². The Hall–Kier alpha value is -0.860. The van der Waals surface area contributed by atoms with Gasteiger partial charge < -0.3 is 0 Å². The molecule has 0 saturated carbocycles. The maximum atomic E-state index is 12.0. The number of hydrogen-bond donors (Lipinski definition) is 0. The van der Waals surface area contributed by atoms with Gasteiger partial charge in [0.1, 0.15) is 0 Å². The largest absolute Gasteiger partial charge is 0.401 e. The van der Waals surface area contributed by atoms with E-state index in [-0.39, 0.29) is 0 Å². The first-order valence-electron chi connectivity index (χ1n) is 5.08. The molecule has 0 fully saturated rings. The van der Waals surface area contributed by atoms with Gasteiger partial charge in [0.05, 0.1) is 0 Å². The molecule has 17 heavy (non-hydrogen) atoms. The number of alkyl halides is 6. The van der Waals surface area contributed by atoms with Gasteiger partial charge in [0.25, 0.3) is 0 Å². The topological polar surface area (TPSA) is 0 Å². The molecule has 0 bridgehead atoms. The van der Waals surface area contributed by atoms with Crippen molar-refractivity contribution in [3.05, 3.63) is 6.92 Å². The Balaban J connectivity index is 4.29. The minimum Gasteiger partial charge on any atom is -0.170 e. The second-order valence-corrected chi connectivity index (χ2v) is 3.50. The van der Waals surface area contributed by atoms with E-state index in [1.165, 1.54) is 0 Å². The van der Waals surface area contributed by atoms with Gasteiger partial charge in [0.2, 0.25) is 0 Å².